The highest BCUT2D eigenvalue weighted by atomic mass is 79.9. The molecule has 0 aliphatic heterocycles. The van der Waals surface area contributed by atoms with Gasteiger partial charge in [-0.15, -0.1) is 0 Å². The van der Waals surface area contributed by atoms with E-state index in [1.54, 1.807) is 0 Å². The molecule has 4 nitrogen and oxygen atoms in total. The van der Waals surface area contributed by atoms with E-state index in [0.29, 0.717) is 17.3 Å². The van der Waals surface area contributed by atoms with E-state index in [1.165, 1.54) is 0 Å². The summed E-state index contributed by atoms with van der Waals surface area (Å²) in [7, 11) is 0. The first kappa shape index (κ1) is 14.1. The fourth-order valence-corrected chi connectivity index (χ4v) is 2.93. The fourth-order valence-electron chi connectivity index (χ4n) is 2.27. The molecular formula is C12H15Br2NO3. The number of aliphatic carboxylic acids is 1. The predicted molar refractivity (Wildman–Crippen MR) is 74.3 cm³/mol. The second kappa shape index (κ2) is 6.21. The van der Waals surface area contributed by atoms with Crippen molar-refractivity contribution < 1.29 is 14.3 Å². The van der Waals surface area contributed by atoms with Crippen LogP contribution >= 0.6 is 31.9 Å². The van der Waals surface area contributed by atoms with Gasteiger partial charge < -0.3 is 14.8 Å². The molecule has 2 rings (SSSR count). The normalized spacial score (nSPS) is 24.1. The molecule has 18 heavy (non-hydrogen) atoms. The van der Waals surface area contributed by atoms with Crippen LogP contribution in [0.2, 0.25) is 0 Å². The summed E-state index contributed by atoms with van der Waals surface area (Å²) in [6.07, 6.45) is 3.36. The van der Waals surface area contributed by atoms with E-state index in [9.17, 15) is 4.79 Å². The average molecular weight is 381 g/mol. The average Bonchev–Trinajstić information content (AvgIpc) is 2.67. The molecule has 0 radical (unpaired) electrons. The zero-order chi connectivity index (χ0) is 13.1. The summed E-state index contributed by atoms with van der Waals surface area (Å²) >= 11 is 6.67. The summed E-state index contributed by atoms with van der Waals surface area (Å²) in [5.74, 6) is 0.0522. The van der Waals surface area contributed by atoms with Gasteiger partial charge in [0, 0.05) is 6.04 Å². The zero-order valence-electron chi connectivity index (χ0n) is 9.79. The number of furan rings is 1. The number of hydrogen-bond donors (Lipinski definition) is 2. The second-order valence-corrected chi connectivity index (χ2v) is 6.18. The minimum absolute atomic E-state index is 0.157. The van der Waals surface area contributed by atoms with Gasteiger partial charge in [0.15, 0.2) is 4.67 Å². The number of nitrogens with one attached hydrogen (secondary N) is 1. The zero-order valence-corrected chi connectivity index (χ0v) is 13.0. The van der Waals surface area contributed by atoms with E-state index >= 15 is 0 Å². The van der Waals surface area contributed by atoms with Gasteiger partial charge >= 0.3 is 5.97 Å². The summed E-state index contributed by atoms with van der Waals surface area (Å²) < 4.78 is 7.09. The highest BCUT2D eigenvalue weighted by Gasteiger charge is 2.25. The lowest BCUT2D eigenvalue weighted by molar-refractivity contribution is -0.142. The van der Waals surface area contributed by atoms with Crippen molar-refractivity contribution in [1.82, 2.24) is 5.32 Å². The molecule has 1 aromatic heterocycles. The molecule has 1 aromatic rings. The lowest BCUT2D eigenvalue weighted by atomic mass is 9.86. The Bertz CT molecular complexity index is 405. The Labute approximate surface area is 122 Å². The van der Waals surface area contributed by atoms with Crippen molar-refractivity contribution in [1.29, 1.82) is 0 Å². The van der Waals surface area contributed by atoms with Crippen molar-refractivity contribution >= 4 is 37.8 Å². The molecule has 1 aliphatic rings. The maximum atomic E-state index is 10.8. The van der Waals surface area contributed by atoms with Gasteiger partial charge in [0.25, 0.3) is 0 Å². The topological polar surface area (TPSA) is 62.5 Å². The minimum Gasteiger partial charge on any atom is -0.481 e. The summed E-state index contributed by atoms with van der Waals surface area (Å²) in [5, 5.41) is 12.3. The second-order valence-electron chi connectivity index (χ2n) is 4.60. The lowest BCUT2D eigenvalue weighted by Crippen LogP contribution is -2.34. The van der Waals surface area contributed by atoms with Crippen molar-refractivity contribution in [3.8, 4) is 0 Å². The predicted octanol–water partition coefficient (Wildman–Crippen LogP) is 3.54. The third-order valence-electron chi connectivity index (χ3n) is 3.34. The SMILES string of the molecule is O=C(O)C1CCC(NCc2cc(Br)c(Br)o2)CC1. The van der Waals surface area contributed by atoms with Gasteiger partial charge in [-0.05, 0) is 63.6 Å². The Morgan fingerprint density at radius 1 is 1.39 bits per heavy atom. The number of hydrogen-bond acceptors (Lipinski definition) is 3. The Morgan fingerprint density at radius 2 is 2.06 bits per heavy atom. The molecule has 0 aromatic carbocycles. The van der Waals surface area contributed by atoms with Crippen LogP contribution in [0.3, 0.4) is 0 Å². The van der Waals surface area contributed by atoms with Crippen LogP contribution in [-0.2, 0) is 11.3 Å². The van der Waals surface area contributed by atoms with E-state index in [-0.39, 0.29) is 5.92 Å². The monoisotopic (exact) mass is 379 g/mol. The molecule has 0 amide bonds. The molecule has 0 unspecified atom stereocenters. The Kier molecular flexibility index (Phi) is 4.86. The Balaban J connectivity index is 1.77. The number of carbonyl (C=O) groups is 1. The number of rotatable bonds is 4. The van der Waals surface area contributed by atoms with E-state index in [2.05, 4.69) is 37.2 Å². The Morgan fingerprint density at radius 3 is 2.56 bits per heavy atom. The molecule has 0 saturated heterocycles. The van der Waals surface area contributed by atoms with Crippen LogP contribution in [0, 0.1) is 5.92 Å². The standard InChI is InChI=1S/C12H15Br2NO3/c13-10-5-9(18-11(10)14)6-15-8-3-1-7(2-4-8)12(16)17/h5,7-8,15H,1-4,6H2,(H,16,17). The minimum atomic E-state index is -0.660. The molecule has 1 aliphatic carbocycles. The highest BCUT2D eigenvalue weighted by Crippen LogP contribution is 2.28. The van der Waals surface area contributed by atoms with Crippen molar-refractivity contribution in [2.45, 2.75) is 38.3 Å². The molecule has 1 heterocycles. The van der Waals surface area contributed by atoms with Crippen LogP contribution in [0.1, 0.15) is 31.4 Å². The summed E-state index contributed by atoms with van der Waals surface area (Å²) in [5.41, 5.74) is 0. The fraction of sp³-hybridized carbons (Fsp3) is 0.583. The van der Waals surface area contributed by atoms with Crippen LogP contribution in [0.4, 0.5) is 0 Å². The van der Waals surface area contributed by atoms with E-state index < -0.39 is 5.97 Å². The summed E-state index contributed by atoms with van der Waals surface area (Å²) in [4.78, 5) is 10.8. The smallest absolute Gasteiger partial charge is 0.306 e. The molecule has 1 fully saturated rings. The van der Waals surface area contributed by atoms with Gasteiger partial charge in [0.05, 0.1) is 16.9 Å². The van der Waals surface area contributed by atoms with Crippen LogP contribution in [0.15, 0.2) is 19.6 Å². The maximum absolute atomic E-state index is 10.8. The first-order valence-corrected chi connectivity index (χ1v) is 7.54. The summed E-state index contributed by atoms with van der Waals surface area (Å²) in [6.45, 7) is 0.673. The van der Waals surface area contributed by atoms with Gasteiger partial charge in [0.1, 0.15) is 5.76 Å². The van der Waals surface area contributed by atoms with Gasteiger partial charge in [-0.2, -0.15) is 0 Å². The van der Waals surface area contributed by atoms with Gasteiger partial charge in [-0.3, -0.25) is 4.79 Å². The van der Waals surface area contributed by atoms with Crippen molar-refractivity contribution in [3.05, 3.63) is 21.0 Å². The molecule has 0 bridgehead atoms. The first-order chi connectivity index (χ1) is 8.56. The first-order valence-electron chi connectivity index (χ1n) is 5.96. The number of carboxylic acid groups (broad SMARTS) is 1. The molecular weight excluding hydrogens is 366 g/mol. The van der Waals surface area contributed by atoms with E-state index in [1.807, 2.05) is 6.07 Å². The van der Waals surface area contributed by atoms with Gasteiger partial charge in [0.2, 0.25) is 0 Å². The van der Waals surface area contributed by atoms with Crippen LogP contribution in [0.25, 0.3) is 0 Å². The lowest BCUT2D eigenvalue weighted by Gasteiger charge is -2.26. The van der Waals surface area contributed by atoms with Crippen molar-refractivity contribution in [2.75, 3.05) is 0 Å². The molecule has 0 atom stereocenters. The van der Waals surface area contributed by atoms with Crippen LogP contribution < -0.4 is 5.32 Å². The van der Waals surface area contributed by atoms with E-state index in [4.69, 9.17) is 9.52 Å². The number of halogens is 2. The van der Waals surface area contributed by atoms with E-state index in [0.717, 1.165) is 35.9 Å². The third kappa shape index (κ3) is 3.59. The highest BCUT2D eigenvalue weighted by molar-refractivity contribution is 9.13. The quantitative estimate of drug-likeness (QED) is 0.838. The molecule has 2 N–H and O–H groups in total. The molecule has 6 heteroatoms. The third-order valence-corrected chi connectivity index (χ3v) is 5.05. The largest absolute Gasteiger partial charge is 0.481 e. The Hall–Kier alpha value is -0.330. The molecule has 100 valence electrons. The van der Waals surface area contributed by atoms with Gasteiger partial charge in [-0.1, -0.05) is 0 Å². The van der Waals surface area contributed by atoms with Gasteiger partial charge in [-0.25, -0.2) is 0 Å². The number of carboxylic acids is 1. The molecule has 1 saturated carbocycles. The van der Waals surface area contributed by atoms with Crippen LogP contribution in [0.5, 0.6) is 0 Å². The maximum Gasteiger partial charge on any atom is 0.306 e. The van der Waals surface area contributed by atoms with Crippen molar-refractivity contribution in [2.24, 2.45) is 5.92 Å². The summed E-state index contributed by atoms with van der Waals surface area (Å²) in [6, 6.07) is 2.32. The molecule has 0 spiro atoms. The van der Waals surface area contributed by atoms with Crippen molar-refractivity contribution in [3.63, 3.8) is 0 Å². The van der Waals surface area contributed by atoms with Crippen LogP contribution in [-0.4, -0.2) is 17.1 Å².